The topological polar surface area (TPSA) is 51.2 Å². The zero-order valence-corrected chi connectivity index (χ0v) is 11.6. The molecule has 1 fully saturated rings. The smallest absolute Gasteiger partial charge is 0.377 e. The lowest BCUT2D eigenvalue weighted by Gasteiger charge is -2.14. The summed E-state index contributed by atoms with van der Waals surface area (Å²) < 4.78 is 30.6. The maximum Gasteiger partial charge on any atom is 0.377 e. The summed E-state index contributed by atoms with van der Waals surface area (Å²) in [4.78, 5) is 16.3. The van der Waals surface area contributed by atoms with Crippen LogP contribution in [0.3, 0.4) is 0 Å². The number of halogens is 2. The van der Waals surface area contributed by atoms with Gasteiger partial charge in [0.25, 0.3) is 0 Å². The number of thiazole rings is 1. The van der Waals surface area contributed by atoms with Crippen LogP contribution in [0.4, 0.5) is 8.78 Å². The van der Waals surface area contributed by atoms with E-state index in [9.17, 15) is 13.6 Å². The molecule has 19 heavy (non-hydrogen) atoms. The predicted octanol–water partition coefficient (Wildman–Crippen LogP) is 2.31. The lowest BCUT2D eigenvalue weighted by molar-refractivity contribution is -0.159. The molecule has 4 nitrogen and oxygen atoms in total. The molecule has 1 aliphatic heterocycles. The van der Waals surface area contributed by atoms with Gasteiger partial charge in [0.15, 0.2) is 0 Å². The molecule has 1 aromatic rings. The molecule has 7 heteroatoms. The number of alkyl halides is 2. The highest BCUT2D eigenvalue weighted by atomic mass is 32.1. The maximum absolute atomic E-state index is 13.0. The van der Waals surface area contributed by atoms with E-state index in [0.717, 1.165) is 11.4 Å². The minimum absolute atomic E-state index is 0.0433. The zero-order chi connectivity index (χ0) is 14.0. The number of nitrogens with one attached hydrogen (secondary N) is 1. The van der Waals surface area contributed by atoms with Crippen molar-refractivity contribution in [3.63, 3.8) is 0 Å². The SMILES string of the molecule is CCc1cnc(C(C)NCC2CC(F)(F)C(=O)O2)s1. The Bertz CT molecular complexity index is 464. The lowest BCUT2D eigenvalue weighted by Crippen LogP contribution is -2.29. The fourth-order valence-corrected chi connectivity index (χ4v) is 2.73. The zero-order valence-electron chi connectivity index (χ0n) is 10.8. The van der Waals surface area contributed by atoms with E-state index in [4.69, 9.17) is 0 Å². The molecule has 1 N–H and O–H groups in total. The number of aryl methyl sites for hydroxylation is 1. The van der Waals surface area contributed by atoms with Gasteiger partial charge in [-0.2, -0.15) is 8.78 Å². The largest absolute Gasteiger partial charge is 0.456 e. The summed E-state index contributed by atoms with van der Waals surface area (Å²) in [5.74, 6) is -4.76. The molecule has 0 amide bonds. The maximum atomic E-state index is 13.0. The van der Waals surface area contributed by atoms with Gasteiger partial charge in [-0.25, -0.2) is 9.78 Å². The molecule has 0 radical (unpaired) electrons. The Morgan fingerprint density at radius 1 is 1.68 bits per heavy atom. The normalized spacial score (nSPS) is 23.4. The summed E-state index contributed by atoms with van der Waals surface area (Å²) in [6.45, 7) is 4.17. The fraction of sp³-hybridized carbons (Fsp3) is 0.667. The number of hydrogen-bond acceptors (Lipinski definition) is 5. The van der Waals surface area contributed by atoms with Crippen molar-refractivity contribution in [2.75, 3.05) is 6.54 Å². The molecule has 0 spiro atoms. The van der Waals surface area contributed by atoms with Crippen molar-refractivity contribution in [3.05, 3.63) is 16.1 Å². The number of ether oxygens (including phenoxy) is 1. The minimum Gasteiger partial charge on any atom is -0.456 e. The van der Waals surface area contributed by atoms with Gasteiger partial charge in [0.05, 0.1) is 12.5 Å². The molecule has 0 saturated carbocycles. The van der Waals surface area contributed by atoms with E-state index in [2.05, 4.69) is 22.0 Å². The van der Waals surface area contributed by atoms with Crippen LogP contribution in [-0.4, -0.2) is 29.5 Å². The van der Waals surface area contributed by atoms with Crippen LogP contribution in [-0.2, 0) is 16.0 Å². The molecule has 0 aliphatic carbocycles. The number of rotatable bonds is 5. The summed E-state index contributed by atoms with van der Waals surface area (Å²) in [6, 6.07) is -0.0433. The van der Waals surface area contributed by atoms with E-state index in [1.54, 1.807) is 11.3 Å². The summed E-state index contributed by atoms with van der Waals surface area (Å²) in [5, 5.41) is 3.98. The van der Waals surface area contributed by atoms with Crippen LogP contribution in [0.25, 0.3) is 0 Å². The van der Waals surface area contributed by atoms with E-state index in [0.29, 0.717) is 0 Å². The average Bonchev–Trinajstić information content (AvgIpc) is 2.92. The van der Waals surface area contributed by atoms with E-state index in [1.165, 1.54) is 4.88 Å². The highest BCUT2D eigenvalue weighted by Crippen LogP contribution is 2.31. The highest BCUT2D eigenvalue weighted by molar-refractivity contribution is 7.11. The van der Waals surface area contributed by atoms with E-state index in [-0.39, 0.29) is 12.6 Å². The number of carbonyl (C=O) groups is 1. The summed E-state index contributed by atoms with van der Waals surface area (Å²) >= 11 is 1.59. The number of aromatic nitrogens is 1. The minimum atomic E-state index is -3.34. The van der Waals surface area contributed by atoms with Gasteiger partial charge in [-0.3, -0.25) is 0 Å². The molecule has 1 saturated heterocycles. The van der Waals surface area contributed by atoms with Gasteiger partial charge < -0.3 is 10.1 Å². The standard InChI is InChI=1S/C12H16F2N2O2S/c1-3-9-6-16-10(19-9)7(2)15-5-8-4-12(13,14)11(17)18-8/h6-8,15H,3-5H2,1-2H3. The third-order valence-electron chi connectivity index (χ3n) is 3.00. The molecule has 106 valence electrons. The highest BCUT2D eigenvalue weighted by Gasteiger charge is 2.50. The first-order valence-corrected chi connectivity index (χ1v) is 7.01. The van der Waals surface area contributed by atoms with Crippen LogP contribution in [0, 0.1) is 0 Å². The Hall–Kier alpha value is -1.08. The Morgan fingerprint density at radius 2 is 2.42 bits per heavy atom. The van der Waals surface area contributed by atoms with Crippen LogP contribution in [0.5, 0.6) is 0 Å². The molecule has 2 atom stereocenters. The summed E-state index contributed by atoms with van der Waals surface area (Å²) in [5.41, 5.74) is 0. The van der Waals surface area contributed by atoms with Crippen LogP contribution in [0.1, 0.15) is 36.2 Å². The van der Waals surface area contributed by atoms with Crippen molar-refractivity contribution in [2.45, 2.75) is 44.8 Å². The molecule has 2 heterocycles. The van der Waals surface area contributed by atoms with Gasteiger partial charge in [0.1, 0.15) is 11.1 Å². The predicted molar refractivity (Wildman–Crippen MR) is 67.4 cm³/mol. The number of carbonyl (C=O) groups excluding carboxylic acids is 1. The summed E-state index contributed by atoms with van der Waals surface area (Å²) in [6.07, 6.45) is 1.43. The van der Waals surface area contributed by atoms with E-state index in [1.807, 2.05) is 13.1 Å². The first kappa shape index (κ1) is 14.3. The number of hydrogen-bond donors (Lipinski definition) is 1. The fourth-order valence-electron chi connectivity index (χ4n) is 1.84. The second-order valence-corrected chi connectivity index (χ2v) is 5.73. The number of esters is 1. The average molecular weight is 290 g/mol. The Balaban J connectivity index is 1.84. The molecular weight excluding hydrogens is 274 g/mol. The van der Waals surface area contributed by atoms with Crippen LogP contribution in [0.2, 0.25) is 0 Å². The van der Waals surface area contributed by atoms with Gasteiger partial charge in [-0.15, -0.1) is 11.3 Å². The van der Waals surface area contributed by atoms with Crippen molar-refractivity contribution < 1.29 is 18.3 Å². The van der Waals surface area contributed by atoms with Gasteiger partial charge in [0.2, 0.25) is 0 Å². The number of nitrogens with zero attached hydrogens (tertiary/aromatic N) is 1. The second kappa shape index (κ2) is 5.50. The lowest BCUT2D eigenvalue weighted by atomic mass is 10.2. The molecule has 2 rings (SSSR count). The van der Waals surface area contributed by atoms with Crippen molar-refractivity contribution in [1.82, 2.24) is 10.3 Å². The summed E-state index contributed by atoms with van der Waals surface area (Å²) in [7, 11) is 0. The van der Waals surface area contributed by atoms with Gasteiger partial charge in [-0.1, -0.05) is 6.92 Å². The molecular formula is C12H16F2N2O2S. The number of cyclic esters (lactones) is 1. The molecule has 0 aromatic carbocycles. The third kappa shape index (κ3) is 3.27. The van der Waals surface area contributed by atoms with Crippen LogP contribution in [0.15, 0.2) is 6.20 Å². The monoisotopic (exact) mass is 290 g/mol. The van der Waals surface area contributed by atoms with Crippen LogP contribution < -0.4 is 5.32 Å². The van der Waals surface area contributed by atoms with Gasteiger partial charge in [0, 0.05) is 17.6 Å². The quantitative estimate of drug-likeness (QED) is 0.846. The van der Waals surface area contributed by atoms with E-state index >= 15 is 0 Å². The Kier molecular flexibility index (Phi) is 4.15. The second-order valence-electron chi connectivity index (χ2n) is 4.58. The molecule has 1 aromatic heterocycles. The van der Waals surface area contributed by atoms with Crippen molar-refractivity contribution in [1.29, 1.82) is 0 Å². The van der Waals surface area contributed by atoms with Crippen molar-refractivity contribution in [3.8, 4) is 0 Å². The molecule has 1 aliphatic rings. The first-order valence-electron chi connectivity index (χ1n) is 6.19. The van der Waals surface area contributed by atoms with E-state index < -0.39 is 24.4 Å². The van der Waals surface area contributed by atoms with Gasteiger partial charge in [-0.05, 0) is 13.3 Å². The van der Waals surface area contributed by atoms with Crippen molar-refractivity contribution in [2.24, 2.45) is 0 Å². The molecule has 2 unspecified atom stereocenters. The van der Waals surface area contributed by atoms with Crippen molar-refractivity contribution >= 4 is 17.3 Å². The van der Waals surface area contributed by atoms with Crippen LogP contribution >= 0.6 is 11.3 Å². The van der Waals surface area contributed by atoms with Gasteiger partial charge >= 0.3 is 11.9 Å². The third-order valence-corrected chi connectivity index (χ3v) is 4.32. The Morgan fingerprint density at radius 3 is 2.95 bits per heavy atom. The first-order chi connectivity index (χ1) is 8.92. The molecule has 0 bridgehead atoms. The Labute approximate surface area is 114 Å².